The lowest BCUT2D eigenvalue weighted by atomic mass is 10.2. The van der Waals surface area contributed by atoms with Gasteiger partial charge in [-0.2, -0.15) is 0 Å². The van der Waals surface area contributed by atoms with Crippen LogP contribution in [-0.2, 0) is 0 Å². The smallest absolute Gasteiger partial charge is 0.00248 e. The van der Waals surface area contributed by atoms with Gasteiger partial charge in [-0.1, -0.05) is 12.8 Å². The highest BCUT2D eigenvalue weighted by Gasteiger charge is 1.89. The van der Waals surface area contributed by atoms with Gasteiger partial charge in [-0.15, -0.1) is 0 Å². The van der Waals surface area contributed by atoms with Crippen molar-refractivity contribution in [1.82, 2.24) is 4.90 Å². The standard InChI is InChI=1S/C8H20N2/c1-10(2)8-6-4-3-5-7-9/h3-9H2,1-2H3. The highest BCUT2D eigenvalue weighted by atomic mass is 15.0. The zero-order valence-electron chi connectivity index (χ0n) is 7.27. The van der Waals surface area contributed by atoms with Gasteiger partial charge in [0.25, 0.3) is 0 Å². The highest BCUT2D eigenvalue weighted by molar-refractivity contribution is 4.46. The third kappa shape index (κ3) is 7.92. The Morgan fingerprint density at radius 2 is 1.60 bits per heavy atom. The van der Waals surface area contributed by atoms with Gasteiger partial charge in [-0.05, 0) is 40.0 Å². The molecule has 0 saturated heterocycles. The molecular weight excluding hydrogens is 124 g/mol. The van der Waals surface area contributed by atoms with Crippen molar-refractivity contribution in [3.8, 4) is 0 Å². The van der Waals surface area contributed by atoms with Crippen LogP contribution in [0.2, 0.25) is 0 Å². The molecule has 0 spiro atoms. The molecule has 0 atom stereocenters. The summed E-state index contributed by atoms with van der Waals surface area (Å²) in [5.74, 6) is 0. The highest BCUT2D eigenvalue weighted by Crippen LogP contribution is 1.98. The average molecular weight is 144 g/mol. The Morgan fingerprint density at radius 3 is 2.10 bits per heavy atom. The van der Waals surface area contributed by atoms with Crippen molar-refractivity contribution in [1.29, 1.82) is 0 Å². The lowest BCUT2D eigenvalue weighted by Crippen LogP contribution is -2.12. The van der Waals surface area contributed by atoms with E-state index < -0.39 is 0 Å². The SMILES string of the molecule is CN(C)CCCCCCN. The lowest BCUT2D eigenvalue weighted by molar-refractivity contribution is 0.390. The first-order valence-electron chi connectivity index (χ1n) is 4.12. The van der Waals surface area contributed by atoms with E-state index in [1.54, 1.807) is 0 Å². The molecule has 0 bridgehead atoms. The molecule has 0 saturated carbocycles. The average Bonchev–Trinajstić information content (AvgIpc) is 1.87. The minimum atomic E-state index is 0.849. The van der Waals surface area contributed by atoms with Crippen LogP contribution in [-0.4, -0.2) is 32.1 Å². The van der Waals surface area contributed by atoms with Crippen LogP contribution in [0.15, 0.2) is 0 Å². The summed E-state index contributed by atoms with van der Waals surface area (Å²) in [6.45, 7) is 2.06. The molecule has 0 radical (unpaired) electrons. The van der Waals surface area contributed by atoms with Crippen molar-refractivity contribution >= 4 is 0 Å². The Morgan fingerprint density at radius 1 is 1.00 bits per heavy atom. The van der Waals surface area contributed by atoms with Crippen molar-refractivity contribution in [3.63, 3.8) is 0 Å². The second-order valence-electron chi connectivity index (χ2n) is 3.01. The molecule has 0 heterocycles. The summed E-state index contributed by atoms with van der Waals surface area (Å²) in [7, 11) is 4.23. The van der Waals surface area contributed by atoms with E-state index in [0.717, 1.165) is 6.54 Å². The van der Waals surface area contributed by atoms with Crippen LogP contribution in [0.5, 0.6) is 0 Å². The molecule has 0 aromatic heterocycles. The third-order valence-electron chi connectivity index (χ3n) is 1.56. The lowest BCUT2D eigenvalue weighted by Gasteiger charge is -2.07. The van der Waals surface area contributed by atoms with Crippen LogP contribution < -0.4 is 5.73 Å². The molecule has 0 aliphatic rings. The Hall–Kier alpha value is -0.0800. The number of hydrogen-bond acceptors (Lipinski definition) is 2. The molecule has 2 N–H and O–H groups in total. The van der Waals surface area contributed by atoms with Gasteiger partial charge in [0.05, 0.1) is 0 Å². The van der Waals surface area contributed by atoms with Crippen molar-refractivity contribution in [2.24, 2.45) is 5.73 Å². The molecule has 2 heteroatoms. The van der Waals surface area contributed by atoms with Gasteiger partial charge >= 0.3 is 0 Å². The molecule has 0 aromatic rings. The normalized spacial score (nSPS) is 10.8. The van der Waals surface area contributed by atoms with Crippen molar-refractivity contribution in [2.75, 3.05) is 27.2 Å². The van der Waals surface area contributed by atoms with Gasteiger partial charge < -0.3 is 10.6 Å². The largest absolute Gasteiger partial charge is 0.330 e. The number of nitrogens with zero attached hydrogens (tertiary/aromatic N) is 1. The van der Waals surface area contributed by atoms with Gasteiger partial charge in [0.2, 0.25) is 0 Å². The van der Waals surface area contributed by atoms with Crippen LogP contribution in [0, 0.1) is 0 Å². The van der Waals surface area contributed by atoms with Gasteiger partial charge in [-0.3, -0.25) is 0 Å². The number of hydrogen-bond donors (Lipinski definition) is 1. The second-order valence-corrected chi connectivity index (χ2v) is 3.01. The second kappa shape index (κ2) is 7.03. The Balaban J connectivity index is 2.77. The first-order chi connectivity index (χ1) is 4.77. The maximum absolute atomic E-state index is 5.36. The third-order valence-corrected chi connectivity index (χ3v) is 1.56. The summed E-state index contributed by atoms with van der Waals surface area (Å²) >= 11 is 0. The molecule has 0 unspecified atom stereocenters. The van der Waals surface area contributed by atoms with Crippen LogP contribution in [0.4, 0.5) is 0 Å². The van der Waals surface area contributed by atoms with E-state index in [4.69, 9.17) is 5.73 Å². The van der Waals surface area contributed by atoms with Gasteiger partial charge in [-0.25, -0.2) is 0 Å². The first-order valence-corrected chi connectivity index (χ1v) is 4.12. The Kier molecular flexibility index (Phi) is 6.98. The Labute approximate surface area is 64.4 Å². The zero-order valence-corrected chi connectivity index (χ0v) is 7.27. The molecule has 2 nitrogen and oxygen atoms in total. The number of rotatable bonds is 6. The summed E-state index contributed by atoms with van der Waals surface area (Å²) in [6, 6.07) is 0. The van der Waals surface area contributed by atoms with E-state index >= 15 is 0 Å². The fourth-order valence-corrected chi connectivity index (χ4v) is 0.926. The maximum Gasteiger partial charge on any atom is -0.00248 e. The van der Waals surface area contributed by atoms with E-state index in [1.165, 1.54) is 32.2 Å². The molecule has 0 amide bonds. The molecule has 62 valence electrons. The van der Waals surface area contributed by atoms with E-state index in [-0.39, 0.29) is 0 Å². The minimum Gasteiger partial charge on any atom is -0.330 e. The summed E-state index contributed by atoms with van der Waals surface area (Å²) < 4.78 is 0. The fourth-order valence-electron chi connectivity index (χ4n) is 0.926. The van der Waals surface area contributed by atoms with Crippen LogP contribution in [0.25, 0.3) is 0 Å². The molecule has 0 aliphatic heterocycles. The first kappa shape index (κ1) is 9.92. The van der Waals surface area contributed by atoms with Crippen LogP contribution in [0.3, 0.4) is 0 Å². The molecule has 0 rings (SSSR count). The fraction of sp³-hybridized carbons (Fsp3) is 1.00. The van der Waals surface area contributed by atoms with Crippen LogP contribution in [0.1, 0.15) is 25.7 Å². The summed E-state index contributed by atoms with van der Waals surface area (Å²) in [5, 5.41) is 0. The predicted molar refractivity (Wildman–Crippen MR) is 46.1 cm³/mol. The van der Waals surface area contributed by atoms with Gasteiger partial charge in [0, 0.05) is 0 Å². The predicted octanol–water partition coefficient (Wildman–Crippen LogP) is 1.07. The van der Waals surface area contributed by atoms with Gasteiger partial charge in [0.15, 0.2) is 0 Å². The maximum atomic E-state index is 5.36. The molecule has 10 heavy (non-hydrogen) atoms. The topological polar surface area (TPSA) is 29.3 Å². The monoisotopic (exact) mass is 144 g/mol. The van der Waals surface area contributed by atoms with E-state index in [1.807, 2.05) is 0 Å². The number of unbranched alkanes of at least 4 members (excludes halogenated alkanes) is 3. The molecule has 0 fully saturated rings. The van der Waals surface area contributed by atoms with Gasteiger partial charge in [0.1, 0.15) is 0 Å². The summed E-state index contributed by atoms with van der Waals surface area (Å²) in [5.41, 5.74) is 5.36. The van der Waals surface area contributed by atoms with E-state index in [2.05, 4.69) is 19.0 Å². The number of nitrogens with two attached hydrogens (primary N) is 1. The summed E-state index contributed by atoms with van der Waals surface area (Å²) in [6.07, 6.45) is 5.13. The van der Waals surface area contributed by atoms with Crippen molar-refractivity contribution in [3.05, 3.63) is 0 Å². The van der Waals surface area contributed by atoms with E-state index in [9.17, 15) is 0 Å². The molecule has 0 aliphatic carbocycles. The van der Waals surface area contributed by atoms with Crippen molar-refractivity contribution < 1.29 is 0 Å². The molecular formula is C8H20N2. The quantitative estimate of drug-likeness (QED) is 0.565. The summed E-state index contributed by atoms with van der Waals surface area (Å²) in [4.78, 5) is 2.22. The van der Waals surface area contributed by atoms with Crippen LogP contribution >= 0.6 is 0 Å². The van der Waals surface area contributed by atoms with Crippen molar-refractivity contribution in [2.45, 2.75) is 25.7 Å². The minimum absolute atomic E-state index is 0.849. The molecule has 0 aromatic carbocycles. The Bertz CT molecular complexity index is 62.3. The zero-order chi connectivity index (χ0) is 7.82. The van der Waals surface area contributed by atoms with E-state index in [0.29, 0.717) is 0 Å².